The Bertz CT molecular complexity index is 569. The Morgan fingerprint density at radius 1 is 1.37 bits per heavy atom. The van der Waals surface area contributed by atoms with Gasteiger partial charge in [0.2, 0.25) is 0 Å². The highest BCUT2D eigenvalue weighted by Gasteiger charge is 2.06. The normalized spacial score (nSPS) is 10.2. The molecule has 0 aliphatic heterocycles. The van der Waals surface area contributed by atoms with Gasteiger partial charge in [0.1, 0.15) is 11.5 Å². The summed E-state index contributed by atoms with van der Waals surface area (Å²) >= 11 is 1.48. The zero-order valence-electron chi connectivity index (χ0n) is 10.6. The first-order valence-corrected chi connectivity index (χ1v) is 6.63. The summed E-state index contributed by atoms with van der Waals surface area (Å²) in [6, 6.07) is 7.51. The van der Waals surface area contributed by atoms with Gasteiger partial charge in [0.25, 0.3) is 0 Å². The molecule has 1 aromatic carbocycles. The molecule has 100 valence electrons. The lowest BCUT2D eigenvalue weighted by molar-refractivity contribution is 0.297. The zero-order valence-corrected chi connectivity index (χ0v) is 11.4. The summed E-state index contributed by atoms with van der Waals surface area (Å²) in [5, 5.41) is 9.97. The van der Waals surface area contributed by atoms with E-state index in [4.69, 9.17) is 20.6 Å². The SMILES string of the molecule is COc1ccccc1OCCc1nc(C(=N)N)cs1. The van der Waals surface area contributed by atoms with Gasteiger partial charge in [-0.25, -0.2) is 4.98 Å². The van der Waals surface area contributed by atoms with Crippen LogP contribution in [0.15, 0.2) is 29.6 Å². The van der Waals surface area contributed by atoms with Crippen molar-refractivity contribution < 1.29 is 9.47 Å². The molecule has 1 heterocycles. The van der Waals surface area contributed by atoms with Crippen molar-refractivity contribution in [3.05, 3.63) is 40.3 Å². The maximum atomic E-state index is 7.29. The van der Waals surface area contributed by atoms with Crippen molar-refractivity contribution in [2.24, 2.45) is 5.73 Å². The van der Waals surface area contributed by atoms with Gasteiger partial charge in [0.05, 0.1) is 18.7 Å². The molecular weight excluding hydrogens is 262 g/mol. The molecule has 0 saturated heterocycles. The van der Waals surface area contributed by atoms with E-state index in [1.54, 1.807) is 12.5 Å². The van der Waals surface area contributed by atoms with Crippen LogP contribution in [0.2, 0.25) is 0 Å². The molecule has 1 aromatic heterocycles. The number of nitrogens with one attached hydrogen (secondary N) is 1. The van der Waals surface area contributed by atoms with E-state index in [-0.39, 0.29) is 5.84 Å². The summed E-state index contributed by atoms with van der Waals surface area (Å²) in [5.41, 5.74) is 5.89. The lowest BCUT2D eigenvalue weighted by atomic mass is 10.3. The summed E-state index contributed by atoms with van der Waals surface area (Å²) in [6.45, 7) is 0.505. The number of amidine groups is 1. The van der Waals surface area contributed by atoms with Gasteiger partial charge in [0.15, 0.2) is 11.5 Å². The van der Waals surface area contributed by atoms with Gasteiger partial charge in [-0.05, 0) is 12.1 Å². The van der Waals surface area contributed by atoms with Crippen LogP contribution in [0.25, 0.3) is 0 Å². The Labute approximate surface area is 115 Å². The number of thiazole rings is 1. The van der Waals surface area contributed by atoms with Crippen molar-refractivity contribution in [3.8, 4) is 11.5 Å². The van der Waals surface area contributed by atoms with Gasteiger partial charge in [-0.3, -0.25) is 5.41 Å². The quantitative estimate of drug-likeness (QED) is 0.625. The van der Waals surface area contributed by atoms with E-state index >= 15 is 0 Å². The molecule has 0 unspecified atom stereocenters. The van der Waals surface area contributed by atoms with Crippen molar-refractivity contribution in [1.29, 1.82) is 5.41 Å². The van der Waals surface area contributed by atoms with Crippen LogP contribution < -0.4 is 15.2 Å². The van der Waals surface area contributed by atoms with Crippen LogP contribution in [0.1, 0.15) is 10.7 Å². The molecule has 3 N–H and O–H groups in total. The van der Waals surface area contributed by atoms with Crippen LogP contribution in [0.3, 0.4) is 0 Å². The lowest BCUT2D eigenvalue weighted by Gasteiger charge is -2.09. The van der Waals surface area contributed by atoms with Gasteiger partial charge >= 0.3 is 0 Å². The summed E-state index contributed by atoms with van der Waals surface area (Å²) in [4.78, 5) is 4.24. The van der Waals surface area contributed by atoms with Crippen LogP contribution in [0, 0.1) is 5.41 Å². The number of ether oxygens (including phenoxy) is 2. The highest BCUT2D eigenvalue weighted by molar-refractivity contribution is 7.09. The number of nitrogens with two attached hydrogens (primary N) is 1. The van der Waals surface area contributed by atoms with E-state index in [2.05, 4.69) is 4.98 Å². The standard InChI is InChI=1S/C13H15N3O2S/c1-17-10-4-2-3-5-11(10)18-7-6-12-16-9(8-19-12)13(14)15/h2-5,8H,6-7H2,1H3,(H3,14,15). The van der Waals surface area contributed by atoms with Crippen molar-refractivity contribution in [1.82, 2.24) is 4.98 Å². The minimum absolute atomic E-state index is 0.00635. The third kappa shape index (κ3) is 3.45. The number of hydrogen-bond donors (Lipinski definition) is 2. The topological polar surface area (TPSA) is 81.2 Å². The lowest BCUT2D eigenvalue weighted by Crippen LogP contribution is -2.11. The largest absolute Gasteiger partial charge is 0.493 e. The molecule has 0 fully saturated rings. The number of para-hydroxylation sites is 2. The van der Waals surface area contributed by atoms with Crippen molar-refractivity contribution in [2.45, 2.75) is 6.42 Å². The summed E-state index contributed by atoms with van der Waals surface area (Å²) in [6.07, 6.45) is 0.677. The van der Waals surface area contributed by atoms with Gasteiger partial charge in [-0.15, -0.1) is 11.3 Å². The maximum Gasteiger partial charge on any atom is 0.161 e. The second kappa shape index (κ2) is 6.19. The molecule has 0 spiro atoms. The Kier molecular flexibility index (Phi) is 4.35. The Hall–Kier alpha value is -2.08. The molecule has 0 aliphatic carbocycles. The molecule has 2 rings (SSSR count). The van der Waals surface area contributed by atoms with E-state index in [1.807, 2.05) is 24.3 Å². The van der Waals surface area contributed by atoms with Gasteiger partial charge in [0, 0.05) is 11.8 Å². The number of nitrogens with zero attached hydrogens (tertiary/aromatic N) is 1. The van der Waals surface area contributed by atoms with Crippen LogP contribution in [-0.4, -0.2) is 24.5 Å². The van der Waals surface area contributed by atoms with E-state index in [9.17, 15) is 0 Å². The summed E-state index contributed by atoms with van der Waals surface area (Å²) < 4.78 is 10.9. The fourth-order valence-corrected chi connectivity index (χ4v) is 2.32. The number of hydrogen-bond acceptors (Lipinski definition) is 5. The fraction of sp³-hybridized carbons (Fsp3) is 0.231. The smallest absolute Gasteiger partial charge is 0.161 e. The number of rotatable bonds is 6. The number of methoxy groups -OCH3 is 1. The number of aromatic nitrogens is 1. The van der Waals surface area contributed by atoms with Crippen LogP contribution >= 0.6 is 11.3 Å². The Morgan fingerprint density at radius 2 is 2.11 bits per heavy atom. The monoisotopic (exact) mass is 277 g/mol. The van der Waals surface area contributed by atoms with Gasteiger partial charge in [-0.2, -0.15) is 0 Å². The third-order valence-electron chi connectivity index (χ3n) is 2.47. The van der Waals surface area contributed by atoms with E-state index in [0.29, 0.717) is 30.2 Å². The first-order valence-electron chi connectivity index (χ1n) is 5.75. The first kappa shape index (κ1) is 13.4. The maximum absolute atomic E-state index is 7.29. The minimum atomic E-state index is -0.00635. The predicted octanol–water partition coefficient (Wildman–Crippen LogP) is 2.06. The van der Waals surface area contributed by atoms with Crippen LogP contribution in [0.4, 0.5) is 0 Å². The van der Waals surface area contributed by atoms with Crippen molar-refractivity contribution in [3.63, 3.8) is 0 Å². The molecule has 0 saturated carbocycles. The summed E-state index contributed by atoms with van der Waals surface area (Å²) in [5.74, 6) is 1.42. The van der Waals surface area contributed by atoms with E-state index < -0.39 is 0 Å². The highest BCUT2D eigenvalue weighted by atomic mass is 32.1. The average molecular weight is 277 g/mol. The van der Waals surface area contributed by atoms with Gasteiger partial charge in [-0.1, -0.05) is 12.1 Å². The minimum Gasteiger partial charge on any atom is -0.493 e. The van der Waals surface area contributed by atoms with Crippen molar-refractivity contribution in [2.75, 3.05) is 13.7 Å². The molecule has 0 radical (unpaired) electrons. The summed E-state index contributed by atoms with van der Waals surface area (Å²) in [7, 11) is 1.61. The first-order chi connectivity index (χ1) is 9.20. The molecule has 0 aliphatic rings. The Morgan fingerprint density at radius 3 is 2.74 bits per heavy atom. The second-order valence-electron chi connectivity index (χ2n) is 3.79. The fourth-order valence-electron chi connectivity index (χ4n) is 1.54. The van der Waals surface area contributed by atoms with Crippen LogP contribution in [0.5, 0.6) is 11.5 Å². The zero-order chi connectivity index (χ0) is 13.7. The molecule has 6 heteroatoms. The molecule has 0 bridgehead atoms. The second-order valence-corrected chi connectivity index (χ2v) is 4.73. The molecule has 5 nitrogen and oxygen atoms in total. The third-order valence-corrected chi connectivity index (χ3v) is 3.38. The number of benzene rings is 1. The average Bonchev–Trinajstić information content (AvgIpc) is 2.88. The molecule has 0 amide bonds. The highest BCUT2D eigenvalue weighted by Crippen LogP contribution is 2.25. The molecular formula is C13H15N3O2S. The van der Waals surface area contributed by atoms with Crippen molar-refractivity contribution >= 4 is 17.2 Å². The predicted molar refractivity (Wildman–Crippen MR) is 75.3 cm³/mol. The van der Waals surface area contributed by atoms with E-state index in [0.717, 1.165) is 5.01 Å². The molecule has 19 heavy (non-hydrogen) atoms. The molecule has 0 atom stereocenters. The van der Waals surface area contributed by atoms with Crippen LogP contribution in [-0.2, 0) is 6.42 Å². The number of nitrogen functional groups attached to an aromatic ring is 1. The van der Waals surface area contributed by atoms with Gasteiger partial charge < -0.3 is 15.2 Å². The van der Waals surface area contributed by atoms with E-state index in [1.165, 1.54) is 11.3 Å². The molecule has 2 aromatic rings. The Balaban J connectivity index is 1.90.